The Balaban J connectivity index is 2.14. The number of alkyl halides is 6. The lowest BCUT2D eigenvalue weighted by Gasteiger charge is -2.23. The Morgan fingerprint density at radius 2 is 1.63 bits per heavy atom. The van der Waals surface area contributed by atoms with Crippen molar-refractivity contribution in [2.24, 2.45) is 0 Å². The largest absolute Gasteiger partial charge is 0.471 e. The second-order valence-corrected chi connectivity index (χ2v) is 5.78. The van der Waals surface area contributed by atoms with Gasteiger partial charge in [0, 0.05) is 20.0 Å². The molecule has 1 aliphatic rings. The van der Waals surface area contributed by atoms with Crippen LogP contribution < -0.4 is 10.6 Å². The quantitative estimate of drug-likeness (QED) is 0.446. The molecule has 1 fully saturated rings. The molecule has 0 aliphatic carbocycles. The first kappa shape index (κ1) is 23.4. The molecule has 158 valence electrons. The van der Waals surface area contributed by atoms with Crippen molar-refractivity contribution >= 4 is 11.8 Å². The molecule has 0 aromatic heterocycles. The number of carbonyl (C=O) groups is 2. The third kappa shape index (κ3) is 8.75. The van der Waals surface area contributed by atoms with E-state index in [0.29, 0.717) is 19.3 Å². The Morgan fingerprint density at radius 1 is 1.04 bits per heavy atom. The molecule has 0 aromatic carbocycles. The van der Waals surface area contributed by atoms with Gasteiger partial charge in [-0.2, -0.15) is 26.3 Å². The number of nitrogens with one attached hydrogen (secondary N) is 2. The third-order valence-electron chi connectivity index (χ3n) is 3.39. The highest BCUT2D eigenvalue weighted by Crippen LogP contribution is 2.25. The second-order valence-electron chi connectivity index (χ2n) is 5.78. The summed E-state index contributed by atoms with van der Waals surface area (Å²) in [6.45, 7) is 0.894. The summed E-state index contributed by atoms with van der Waals surface area (Å²) >= 11 is 0. The lowest BCUT2D eigenvalue weighted by atomic mass is 10.2. The minimum Gasteiger partial charge on any atom is -0.348 e. The Hall–Kier alpha value is -1.60. The van der Waals surface area contributed by atoms with Gasteiger partial charge in [-0.15, -0.1) is 0 Å². The van der Waals surface area contributed by atoms with Crippen molar-refractivity contribution in [1.29, 1.82) is 0 Å². The highest BCUT2D eigenvalue weighted by molar-refractivity contribution is 5.81. The zero-order chi connectivity index (χ0) is 20.7. The first-order valence-electron chi connectivity index (χ1n) is 7.99. The van der Waals surface area contributed by atoms with Crippen LogP contribution in [0.25, 0.3) is 0 Å². The summed E-state index contributed by atoms with van der Waals surface area (Å²) in [4.78, 5) is 21.3. The van der Waals surface area contributed by atoms with Crippen molar-refractivity contribution in [3.63, 3.8) is 0 Å². The molecule has 1 saturated heterocycles. The van der Waals surface area contributed by atoms with Gasteiger partial charge >= 0.3 is 24.2 Å². The van der Waals surface area contributed by atoms with Crippen molar-refractivity contribution in [3.8, 4) is 0 Å². The molecule has 0 saturated carbocycles. The van der Waals surface area contributed by atoms with E-state index in [1.54, 1.807) is 10.6 Å². The topological polar surface area (TPSA) is 85.9 Å². The van der Waals surface area contributed by atoms with Crippen LogP contribution in [0.1, 0.15) is 26.2 Å². The average molecular weight is 410 g/mol. The van der Waals surface area contributed by atoms with Gasteiger partial charge in [0.15, 0.2) is 0 Å². The summed E-state index contributed by atoms with van der Waals surface area (Å²) in [7, 11) is 0. The van der Waals surface area contributed by atoms with Gasteiger partial charge in [-0.25, -0.2) is 0 Å². The molecule has 27 heavy (non-hydrogen) atoms. The summed E-state index contributed by atoms with van der Waals surface area (Å²) in [5.74, 6) is -5.57. The molecular weight excluding hydrogens is 390 g/mol. The third-order valence-corrected chi connectivity index (χ3v) is 3.39. The molecule has 1 heterocycles. The van der Waals surface area contributed by atoms with Gasteiger partial charge in [0.2, 0.25) is 0 Å². The summed E-state index contributed by atoms with van der Waals surface area (Å²) in [5.41, 5.74) is 0. The van der Waals surface area contributed by atoms with Gasteiger partial charge in [0.05, 0.1) is 13.2 Å². The fraction of sp³-hybridized carbons (Fsp3) is 0.857. The van der Waals surface area contributed by atoms with Crippen LogP contribution in [0.5, 0.6) is 0 Å². The lowest BCUT2D eigenvalue weighted by Crippen LogP contribution is -2.42. The molecule has 2 unspecified atom stereocenters. The number of amides is 2. The minimum absolute atomic E-state index is 0.0852. The van der Waals surface area contributed by atoms with Crippen LogP contribution in [-0.2, 0) is 23.8 Å². The fourth-order valence-corrected chi connectivity index (χ4v) is 2.06. The summed E-state index contributed by atoms with van der Waals surface area (Å²) in [5, 5.41) is 3.41. The number of hydrogen-bond acceptors (Lipinski definition) is 5. The molecule has 0 aromatic rings. The average Bonchev–Trinajstić information content (AvgIpc) is 2.91. The molecule has 2 N–H and O–H groups in total. The number of carbonyl (C=O) groups excluding carboxylic acids is 2. The van der Waals surface area contributed by atoms with Gasteiger partial charge in [-0.05, 0) is 19.3 Å². The maximum atomic E-state index is 12.1. The van der Waals surface area contributed by atoms with Crippen molar-refractivity contribution in [1.82, 2.24) is 10.6 Å². The molecular formula is C14H20F6N2O5. The van der Waals surface area contributed by atoms with Crippen LogP contribution >= 0.6 is 0 Å². The Kier molecular flexibility index (Phi) is 8.29. The van der Waals surface area contributed by atoms with E-state index in [1.165, 1.54) is 6.92 Å². The zero-order valence-electron chi connectivity index (χ0n) is 14.3. The van der Waals surface area contributed by atoms with E-state index < -0.39 is 42.8 Å². The second kappa shape index (κ2) is 9.55. The summed E-state index contributed by atoms with van der Waals surface area (Å²) in [6, 6.07) is 0. The zero-order valence-corrected chi connectivity index (χ0v) is 14.3. The predicted octanol–water partition coefficient (Wildman–Crippen LogP) is 1.62. The molecule has 0 bridgehead atoms. The Labute approximate surface area is 150 Å². The minimum atomic E-state index is -4.99. The maximum absolute atomic E-state index is 12.1. The van der Waals surface area contributed by atoms with Gasteiger partial charge in [0.1, 0.15) is 6.10 Å². The summed E-state index contributed by atoms with van der Waals surface area (Å²) in [6.07, 6.45) is -9.53. The normalized spacial score (nSPS) is 23.3. The maximum Gasteiger partial charge on any atom is 0.471 e. The van der Waals surface area contributed by atoms with Crippen LogP contribution in [0.15, 0.2) is 0 Å². The molecule has 0 radical (unpaired) electrons. The first-order valence-corrected chi connectivity index (χ1v) is 7.99. The number of unbranched alkanes of at least 4 members (excludes halogenated alkanes) is 2. The highest BCUT2D eigenvalue weighted by Gasteiger charge is 2.42. The molecule has 1 rings (SSSR count). The van der Waals surface area contributed by atoms with E-state index >= 15 is 0 Å². The van der Waals surface area contributed by atoms with Crippen molar-refractivity contribution in [2.45, 2.75) is 50.6 Å². The van der Waals surface area contributed by atoms with E-state index in [9.17, 15) is 35.9 Å². The van der Waals surface area contributed by atoms with E-state index in [0.717, 1.165) is 0 Å². The Morgan fingerprint density at radius 3 is 2.22 bits per heavy atom. The van der Waals surface area contributed by atoms with E-state index in [-0.39, 0.29) is 19.8 Å². The van der Waals surface area contributed by atoms with Crippen LogP contribution in [0.3, 0.4) is 0 Å². The molecule has 2 atom stereocenters. The summed E-state index contributed by atoms with van der Waals surface area (Å²) < 4.78 is 87.9. The number of rotatable bonds is 9. The van der Waals surface area contributed by atoms with Crippen LogP contribution in [0, 0.1) is 0 Å². The fourth-order valence-electron chi connectivity index (χ4n) is 2.06. The van der Waals surface area contributed by atoms with E-state index in [1.807, 2.05) is 0 Å². The molecule has 0 spiro atoms. The van der Waals surface area contributed by atoms with Gasteiger partial charge in [-0.3, -0.25) is 9.59 Å². The Bertz CT molecular complexity index is 513. The van der Waals surface area contributed by atoms with Gasteiger partial charge < -0.3 is 24.8 Å². The molecule has 13 heteroatoms. The smallest absolute Gasteiger partial charge is 0.348 e. The SMILES string of the molecule is CC1(OCCCCCNC(=O)C(F)(F)F)OCC(CNC(=O)C(F)(F)F)O1. The van der Waals surface area contributed by atoms with E-state index in [2.05, 4.69) is 0 Å². The highest BCUT2D eigenvalue weighted by atomic mass is 19.4. The first-order chi connectivity index (χ1) is 12.3. The van der Waals surface area contributed by atoms with Crippen LogP contribution in [0.4, 0.5) is 26.3 Å². The number of halogens is 6. The van der Waals surface area contributed by atoms with Crippen molar-refractivity contribution in [3.05, 3.63) is 0 Å². The lowest BCUT2D eigenvalue weighted by molar-refractivity contribution is -0.325. The number of hydrogen-bond donors (Lipinski definition) is 2. The monoisotopic (exact) mass is 410 g/mol. The molecule has 1 aliphatic heterocycles. The van der Waals surface area contributed by atoms with Gasteiger partial charge in [0.25, 0.3) is 5.97 Å². The van der Waals surface area contributed by atoms with Crippen LogP contribution in [-0.4, -0.2) is 62.5 Å². The number of ether oxygens (including phenoxy) is 3. The molecule has 2 amide bonds. The van der Waals surface area contributed by atoms with Gasteiger partial charge in [-0.1, -0.05) is 0 Å². The van der Waals surface area contributed by atoms with Crippen LogP contribution in [0.2, 0.25) is 0 Å². The standard InChI is InChI=1S/C14H20F6N2O5/c1-12(25-6-4-2-3-5-21-10(23)13(15,16)17)26-8-9(27-12)7-22-11(24)14(18,19)20/h9H,2-8H2,1H3,(H,21,23)(H,22,24). The predicted molar refractivity (Wildman–Crippen MR) is 77.2 cm³/mol. The van der Waals surface area contributed by atoms with Crippen molar-refractivity contribution < 1.29 is 50.1 Å². The van der Waals surface area contributed by atoms with Crippen molar-refractivity contribution in [2.75, 3.05) is 26.3 Å². The van der Waals surface area contributed by atoms with E-state index in [4.69, 9.17) is 14.2 Å². The molecule has 7 nitrogen and oxygen atoms in total.